The van der Waals surface area contributed by atoms with E-state index in [0.29, 0.717) is 30.3 Å². The standard InChI is InChI=1S/C16H26N7O3P.C4H10O/c1-11(2)21-26-27(22-12(3)7-24)10-25-13(4)6-23-9-20-14-15(17-5)18-8-19-16(14)23;1-4(2)5-3/h7-9,12-13,22H,6,10H2,1-5H3,(H,17,18,19);4H,1-3H3. The molecule has 11 nitrogen and oxygen atoms in total. The lowest BCUT2D eigenvalue weighted by Gasteiger charge is -2.20. The molecular formula is C20H36N7O4P. The molecule has 2 rings (SSSR count). The molecule has 32 heavy (non-hydrogen) atoms. The van der Waals surface area contributed by atoms with Crippen LogP contribution in [0.3, 0.4) is 0 Å². The number of hydrogen-bond donors (Lipinski definition) is 2. The topological polar surface area (TPSA) is 125 Å². The molecule has 0 aliphatic carbocycles. The molecule has 0 saturated carbocycles. The van der Waals surface area contributed by atoms with E-state index >= 15 is 0 Å². The molecule has 0 aliphatic heterocycles. The van der Waals surface area contributed by atoms with Crippen molar-refractivity contribution >= 4 is 37.3 Å². The molecule has 180 valence electrons. The Morgan fingerprint density at radius 2 is 1.94 bits per heavy atom. The number of hydrogen-bond acceptors (Lipinski definition) is 10. The molecule has 3 unspecified atom stereocenters. The second-order valence-corrected chi connectivity index (χ2v) is 8.92. The van der Waals surface area contributed by atoms with Gasteiger partial charge in [-0.15, -0.1) is 0 Å². The monoisotopic (exact) mass is 469 g/mol. The molecule has 0 bridgehead atoms. The zero-order chi connectivity index (χ0) is 24.1. The van der Waals surface area contributed by atoms with Crippen molar-refractivity contribution in [3.63, 3.8) is 0 Å². The van der Waals surface area contributed by atoms with Crippen molar-refractivity contribution < 1.29 is 18.9 Å². The summed E-state index contributed by atoms with van der Waals surface area (Å²) in [5, 5.41) is 10.1. The van der Waals surface area contributed by atoms with Gasteiger partial charge in [0.15, 0.2) is 11.5 Å². The number of aldehydes is 1. The summed E-state index contributed by atoms with van der Waals surface area (Å²) in [6.07, 6.45) is 4.60. The average Bonchev–Trinajstić information content (AvgIpc) is 3.18. The number of methoxy groups -OCH3 is 1. The molecule has 2 N–H and O–H groups in total. The van der Waals surface area contributed by atoms with Crippen LogP contribution in [-0.4, -0.2) is 70.3 Å². The number of nitrogens with one attached hydrogen (secondary N) is 2. The zero-order valence-corrected chi connectivity index (χ0v) is 21.1. The number of carbonyl (C=O) groups excluding carboxylic acids is 1. The van der Waals surface area contributed by atoms with Gasteiger partial charge in [-0.05, 0) is 41.5 Å². The quantitative estimate of drug-likeness (QED) is 0.209. The van der Waals surface area contributed by atoms with Gasteiger partial charge in [0.25, 0.3) is 0 Å². The number of imidazole rings is 1. The molecule has 0 fully saturated rings. The predicted molar refractivity (Wildman–Crippen MR) is 128 cm³/mol. The summed E-state index contributed by atoms with van der Waals surface area (Å²) in [5.74, 6) is 0.684. The molecule has 0 spiro atoms. The molecule has 12 heteroatoms. The van der Waals surface area contributed by atoms with E-state index in [1.54, 1.807) is 27.4 Å². The first-order chi connectivity index (χ1) is 15.2. The molecule has 0 radical (unpaired) electrons. The average molecular weight is 470 g/mol. The van der Waals surface area contributed by atoms with Gasteiger partial charge in [0, 0.05) is 14.2 Å². The van der Waals surface area contributed by atoms with E-state index in [1.165, 1.54) is 6.33 Å². The van der Waals surface area contributed by atoms with Crippen LogP contribution in [0.4, 0.5) is 5.82 Å². The van der Waals surface area contributed by atoms with E-state index < -0.39 is 8.30 Å². The number of rotatable bonds is 12. The number of carbonyl (C=O) groups is 1. The molecule has 0 saturated heterocycles. The molecule has 2 aromatic rings. The molecule has 2 aromatic heterocycles. The summed E-state index contributed by atoms with van der Waals surface area (Å²) in [5.41, 5.74) is 2.25. The summed E-state index contributed by atoms with van der Waals surface area (Å²) in [6, 6.07) is -0.336. The van der Waals surface area contributed by atoms with E-state index in [2.05, 4.69) is 30.5 Å². The Morgan fingerprint density at radius 3 is 2.50 bits per heavy atom. The number of nitrogens with zero attached hydrogens (tertiary/aromatic N) is 5. The van der Waals surface area contributed by atoms with Crippen molar-refractivity contribution in [1.29, 1.82) is 0 Å². The maximum absolute atomic E-state index is 10.9. The Balaban J connectivity index is 0.000000920. The van der Waals surface area contributed by atoms with E-state index in [4.69, 9.17) is 14.1 Å². The summed E-state index contributed by atoms with van der Waals surface area (Å²) in [7, 11) is 2.27. The number of anilines is 1. The first kappa shape index (κ1) is 27.8. The minimum atomic E-state index is -1.23. The van der Waals surface area contributed by atoms with Gasteiger partial charge in [-0.2, -0.15) is 0 Å². The van der Waals surface area contributed by atoms with E-state index in [-0.39, 0.29) is 12.1 Å². The number of oxime groups is 1. The Morgan fingerprint density at radius 1 is 1.25 bits per heavy atom. The van der Waals surface area contributed by atoms with Crippen molar-refractivity contribution in [3.05, 3.63) is 12.7 Å². The molecule has 0 aliphatic rings. The highest BCUT2D eigenvalue weighted by Crippen LogP contribution is 2.33. The van der Waals surface area contributed by atoms with Gasteiger partial charge in [0.1, 0.15) is 24.5 Å². The van der Waals surface area contributed by atoms with Crippen molar-refractivity contribution in [3.8, 4) is 0 Å². The minimum absolute atomic E-state index is 0.121. The van der Waals surface area contributed by atoms with Crippen LogP contribution >= 0.6 is 8.30 Å². The second kappa shape index (κ2) is 14.8. The minimum Gasteiger partial charge on any atom is -0.382 e. The predicted octanol–water partition coefficient (Wildman–Crippen LogP) is 3.17. The smallest absolute Gasteiger partial charge is 0.221 e. The number of aromatic nitrogens is 4. The van der Waals surface area contributed by atoms with Crippen LogP contribution in [0.1, 0.15) is 41.5 Å². The number of ether oxygens (including phenoxy) is 2. The zero-order valence-electron chi connectivity index (χ0n) is 20.2. The fraction of sp³-hybridized carbons (Fsp3) is 0.650. The highest BCUT2D eigenvalue weighted by molar-refractivity contribution is 7.50. The van der Waals surface area contributed by atoms with E-state index in [1.807, 2.05) is 39.2 Å². The Hall–Kier alpha value is -2.20. The molecular weight excluding hydrogens is 433 g/mol. The third-order valence-corrected chi connectivity index (χ3v) is 5.27. The van der Waals surface area contributed by atoms with Gasteiger partial charge in [0.2, 0.25) is 8.30 Å². The van der Waals surface area contributed by atoms with Crippen LogP contribution in [-0.2, 0) is 25.4 Å². The first-order valence-electron chi connectivity index (χ1n) is 10.4. The largest absolute Gasteiger partial charge is 0.382 e. The third kappa shape index (κ3) is 9.95. The maximum Gasteiger partial charge on any atom is 0.221 e. The summed E-state index contributed by atoms with van der Waals surface area (Å²) in [4.78, 5) is 23.7. The van der Waals surface area contributed by atoms with Crippen molar-refractivity contribution in [2.75, 3.05) is 25.8 Å². The fourth-order valence-electron chi connectivity index (χ4n) is 2.19. The highest BCUT2D eigenvalue weighted by Gasteiger charge is 2.18. The van der Waals surface area contributed by atoms with Gasteiger partial charge in [-0.25, -0.2) is 15.0 Å². The fourth-order valence-corrected chi connectivity index (χ4v) is 3.53. The first-order valence-corrected chi connectivity index (χ1v) is 11.8. The van der Waals surface area contributed by atoms with Gasteiger partial charge >= 0.3 is 0 Å². The lowest BCUT2D eigenvalue weighted by atomic mass is 10.4. The molecule has 0 aromatic carbocycles. The lowest BCUT2D eigenvalue weighted by Crippen LogP contribution is -2.26. The number of fused-ring (bicyclic) bond motifs is 1. The van der Waals surface area contributed by atoms with Crippen LogP contribution in [0.2, 0.25) is 0 Å². The van der Waals surface area contributed by atoms with Crippen molar-refractivity contribution in [2.24, 2.45) is 5.16 Å². The second-order valence-electron chi connectivity index (χ2n) is 7.48. The molecule has 3 atom stereocenters. The van der Waals surface area contributed by atoms with E-state index in [0.717, 1.165) is 17.6 Å². The van der Waals surface area contributed by atoms with Crippen LogP contribution in [0.15, 0.2) is 17.8 Å². The Labute approximate surface area is 191 Å². The van der Waals surface area contributed by atoms with Crippen LogP contribution in [0.5, 0.6) is 0 Å². The van der Waals surface area contributed by atoms with E-state index in [9.17, 15) is 4.79 Å². The summed E-state index contributed by atoms with van der Waals surface area (Å²) < 4.78 is 18.0. The van der Waals surface area contributed by atoms with Gasteiger partial charge in [-0.3, -0.25) is 5.09 Å². The molecule has 0 amide bonds. The van der Waals surface area contributed by atoms with Gasteiger partial charge in [-0.1, -0.05) is 5.16 Å². The maximum atomic E-state index is 10.9. The lowest BCUT2D eigenvalue weighted by molar-refractivity contribution is -0.108. The highest BCUT2D eigenvalue weighted by atomic mass is 31.2. The third-order valence-electron chi connectivity index (χ3n) is 3.91. The summed E-state index contributed by atoms with van der Waals surface area (Å²) in [6.45, 7) is 12.0. The van der Waals surface area contributed by atoms with Crippen LogP contribution < -0.4 is 10.4 Å². The SMILES string of the molecule is CNc1ncnc2c1ncn2CC(C)OCP(NC(C)C=O)ON=C(C)C.COC(C)C. The van der Waals surface area contributed by atoms with Crippen molar-refractivity contribution in [1.82, 2.24) is 24.6 Å². The van der Waals surface area contributed by atoms with Crippen molar-refractivity contribution in [2.45, 2.75) is 66.3 Å². The normalized spacial score (nSPS) is 13.7. The van der Waals surface area contributed by atoms with Crippen LogP contribution in [0.25, 0.3) is 11.2 Å². The molecule has 2 heterocycles. The Bertz CT molecular complexity index is 842. The Kier molecular flexibility index (Phi) is 12.9. The summed E-state index contributed by atoms with van der Waals surface area (Å²) >= 11 is 0. The van der Waals surface area contributed by atoms with Gasteiger partial charge < -0.3 is 28.8 Å². The van der Waals surface area contributed by atoms with Crippen LogP contribution in [0, 0.1) is 0 Å². The van der Waals surface area contributed by atoms with Gasteiger partial charge in [0.05, 0.1) is 36.8 Å².